The fraction of sp³-hybridized carbons (Fsp3) is 0.143. The molecule has 0 aliphatic heterocycles. The number of rotatable bonds is 1. The van der Waals surface area contributed by atoms with Gasteiger partial charge in [-0.25, -0.2) is 8.78 Å². The third kappa shape index (κ3) is 1.25. The van der Waals surface area contributed by atoms with Crippen LogP contribution in [0.1, 0.15) is 5.56 Å². The highest BCUT2D eigenvalue weighted by atomic mass is 19.2. The molecule has 1 rings (SSSR count). The van der Waals surface area contributed by atoms with Crippen LogP contribution in [0.4, 0.5) is 14.5 Å². The summed E-state index contributed by atoms with van der Waals surface area (Å²) in [5, 5.41) is 10.2. The lowest BCUT2D eigenvalue weighted by Crippen LogP contribution is -1.96. The second kappa shape index (κ2) is 2.84. The molecule has 0 atom stereocenters. The maximum Gasteiger partial charge on any atom is 0.275 e. The molecular formula is C7H5F2NO2. The van der Waals surface area contributed by atoms with Crippen molar-refractivity contribution in [3.63, 3.8) is 0 Å². The van der Waals surface area contributed by atoms with Crippen LogP contribution in [0.3, 0.4) is 0 Å². The van der Waals surface area contributed by atoms with E-state index in [9.17, 15) is 18.9 Å². The molecule has 1 aromatic carbocycles. The normalized spacial score (nSPS) is 9.92. The second-order valence-electron chi connectivity index (χ2n) is 2.26. The Morgan fingerprint density at radius 2 is 2.00 bits per heavy atom. The first-order chi connectivity index (χ1) is 5.54. The maximum atomic E-state index is 12.7. The Labute approximate surface area is 66.8 Å². The van der Waals surface area contributed by atoms with Gasteiger partial charge in [0.1, 0.15) is 0 Å². The molecule has 0 heterocycles. The largest absolute Gasteiger partial charge is 0.275 e. The van der Waals surface area contributed by atoms with Crippen molar-refractivity contribution in [2.24, 2.45) is 0 Å². The van der Waals surface area contributed by atoms with Gasteiger partial charge in [-0.1, -0.05) is 0 Å². The fourth-order valence-electron chi connectivity index (χ4n) is 0.840. The second-order valence-corrected chi connectivity index (χ2v) is 2.26. The zero-order valence-electron chi connectivity index (χ0n) is 6.17. The van der Waals surface area contributed by atoms with Crippen molar-refractivity contribution in [2.45, 2.75) is 6.92 Å². The highest BCUT2D eigenvalue weighted by molar-refractivity contribution is 5.40. The lowest BCUT2D eigenvalue weighted by molar-refractivity contribution is -0.385. The lowest BCUT2D eigenvalue weighted by atomic mass is 10.2. The van der Waals surface area contributed by atoms with Crippen LogP contribution >= 0.6 is 0 Å². The van der Waals surface area contributed by atoms with Gasteiger partial charge < -0.3 is 0 Å². The van der Waals surface area contributed by atoms with Gasteiger partial charge in [-0.05, 0) is 13.0 Å². The Morgan fingerprint density at radius 3 is 2.50 bits per heavy atom. The van der Waals surface area contributed by atoms with Crippen molar-refractivity contribution in [3.05, 3.63) is 39.4 Å². The summed E-state index contributed by atoms with van der Waals surface area (Å²) in [6.07, 6.45) is 0. The highest BCUT2D eigenvalue weighted by Gasteiger charge is 2.16. The van der Waals surface area contributed by atoms with E-state index in [0.29, 0.717) is 0 Å². The molecule has 0 bridgehead atoms. The summed E-state index contributed by atoms with van der Waals surface area (Å²) in [5.41, 5.74) is -0.686. The van der Waals surface area contributed by atoms with E-state index < -0.39 is 22.2 Å². The van der Waals surface area contributed by atoms with Crippen LogP contribution < -0.4 is 0 Å². The van der Waals surface area contributed by atoms with E-state index in [2.05, 4.69) is 0 Å². The van der Waals surface area contributed by atoms with Crippen LogP contribution in [0.5, 0.6) is 0 Å². The van der Waals surface area contributed by atoms with Gasteiger partial charge in [-0.3, -0.25) is 10.1 Å². The van der Waals surface area contributed by atoms with Crippen LogP contribution in [0, 0.1) is 28.7 Å². The van der Waals surface area contributed by atoms with Crippen molar-refractivity contribution >= 4 is 5.69 Å². The summed E-state index contributed by atoms with van der Waals surface area (Å²) in [4.78, 5) is 9.45. The third-order valence-corrected chi connectivity index (χ3v) is 1.51. The first kappa shape index (κ1) is 8.58. The minimum absolute atomic E-state index is 0.278. The van der Waals surface area contributed by atoms with E-state index in [4.69, 9.17) is 0 Å². The van der Waals surface area contributed by atoms with E-state index in [0.717, 1.165) is 19.1 Å². The molecule has 0 fully saturated rings. The van der Waals surface area contributed by atoms with Crippen molar-refractivity contribution in [1.29, 1.82) is 0 Å². The van der Waals surface area contributed by atoms with Crippen molar-refractivity contribution < 1.29 is 13.7 Å². The van der Waals surface area contributed by atoms with E-state index in [1.54, 1.807) is 0 Å². The summed E-state index contributed by atoms with van der Waals surface area (Å²) in [6, 6.07) is 1.67. The number of halogens is 2. The molecular weight excluding hydrogens is 168 g/mol. The first-order valence-electron chi connectivity index (χ1n) is 3.13. The molecule has 0 aliphatic carbocycles. The minimum Gasteiger partial charge on any atom is -0.258 e. The average Bonchev–Trinajstić information content (AvgIpc) is 2.00. The molecule has 0 amide bonds. The first-order valence-corrected chi connectivity index (χ1v) is 3.13. The standard InChI is InChI=1S/C7H5F2NO2/c1-4-6(10(11)12)3-2-5(8)7(4)9/h2-3H,1H3. The Bertz CT molecular complexity index is 338. The predicted molar refractivity (Wildman–Crippen MR) is 37.7 cm³/mol. The summed E-state index contributed by atoms with van der Waals surface area (Å²) >= 11 is 0. The molecule has 0 spiro atoms. The van der Waals surface area contributed by atoms with E-state index >= 15 is 0 Å². The molecule has 3 nitrogen and oxygen atoms in total. The van der Waals surface area contributed by atoms with E-state index in [1.807, 2.05) is 0 Å². The molecule has 5 heteroatoms. The summed E-state index contributed by atoms with van der Waals surface area (Å²) in [5.74, 6) is -2.23. The molecule has 0 aliphatic rings. The quantitative estimate of drug-likeness (QED) is 0.482. The fourth-order valence-corrected chi connectivity index (χ4v) is 0.840. The Balaban J connectivity index is 3.36. The molecule has 64 valence electrons. The number of hydrogen-bond donors (Lipinski definition) is 0. The third-order valence-electron chi connectivity index (χ3n) is 1.51. The Kier molecular flexibility index (Phi) is 2.03. The Hall–Kier alpha value is -1.52. The van der Waals surface area contributed by atoms with Crippen LogP contribution in [-0.2, 0) is 0 Å². The van der Waals surface area contributed by atoms with Crippen LogP contribution in [0.15, 0.2) is 12.1 Å². The smallest absolute Gasteiger partial charge is 0.258 e. The zero-order chi connectivity index (χ0) is 9.30. The van der Waals surface area contributed by atoms with Gasteiger partial charge in [-0.15, -0.1) is 0 Å². The molecule has 0 saturated heterocycles. The highest BCUT2D eigenvalue weighted by Crippen LogP contribution is 2.21. The van der Waals surface area contributed by atoms with E-state index in [-0.39, 0.29) is 5.56 Å². The van der Waals surface area contributed by atoms with Crippen LogP contribution in [0.2, 0.25) is 0 Å². The van der Waals surface area contributed by atoms with Gasteiger partial charge in [-0.2, -0.15) is 0 Å². The molecule has 0 N–H and O–H groups in total. The minimum atomic E-state index is -1.16. The number of nitro benzene ring substituents is 1. The summed E-state index contributed by atoms with van der Waals surface area (Å²) in [7, 11) is 0. The van der Waals surface area contributed by atoms with Crippen molar-refractivity contribution in [2.75, 3.05) is 0 Å². The SMILES string of the molecule is Cc1c([N+](=O)[O-])ccc(F)c1F. The molecule has 0 unspecified atom stereocenters. The summed E-state index contributed by atoms with van der Waals surface area (Å²) in [6.45, 7) is 1.16. The summed E-state index contributed by atoms with van der Waals surface area (Å²) < 4.78 is 25.1. The van der Waals surface area contributed by atoms with Crippen LogP contribution in [0.25, 0.3) is 0 Å². The molecule has 1 aromatic rings. The molecule has 0 aromatic heterocycles. The molecule has 0 saturated carbocycles. The molecule has 0 radical (unpaired) electrons. The van der Waals surface area contributed by atoms with Crippen LogP contribution in [-0.4, -0.2) is 4.92 Å². The lowest BCUT2D eigenvalue weighted by Gasteiger charge is -1.98. The van der Waals surface area contributed by atoms with Crippen molar-refractivity contribution in [3.8, 4) is 0 Å². The van der Waals surface area contributed by atoms with E-state index in [1.165, 1.54) is 0 Å². The van der Waals surface area contributed by atoms with Gasteiger partial charge in [0, 0.05) is 6.07 Å². The topological polar surface area (TPSA) is 43.1 Å². The Morgan fingerprint density at radius 1 is 1.42 bits per heavy atom. The zero-order valence-corrected chi connectivity index (χ0v) is 6.17. The van der Waals surface area contributed by atoms with Crippen molar-refractivity contribution in [1.82, 2.24) is 0 Å². The average molecular weight is 173 g/mol. The number of hydrogen-bond acceptors (Lipinski definition) is 2. The van der Waals surface area contributed by atoms with Gasteiger partial charge in [0.25, 0.3) is 5.69 Å². The van der Waals surface area contributed by atoms with Gasteiger partial charge in [0.05, 0.1) is 10.5 Å². The monoisotopic (exact) mass is 173 g/mol. The maximum absolute atomic E-state index is 12.7. The van der Waals surface area contributed by atoms with Gasteiger partial charge in [0.15, 0.2) is 11.6 Å². The molecule has 12 heavy (non-hydrogen) atoms. The number of nitro groups is 1. The van der Waals surface area contributed by atoms with Gasteiger partial charge >= 0.3 is 0 Å². The number of nitrogens with zero attached hydrogens (tertiary/aromatic N) is 1. The van der Waals surface area contributed by atoms with Gasteiger partial charge in [0.2, 0.25) is 0 Å². The number of benzene rings is 1. The predicted octanol–water partition coefficient (Wildman–Crippen LogP) is 2.18.